The Labute approximate surface area is 111 Å². The molecule has 0 bridgehead atoms. The zero-order valence-corrected chi connectivity index (χ0v) is 11.0. The van der Waals surface area contributed by atoms with Crippen LogP contribution < -0.4 is 5.73 Å². The zero-order chi connectivity index (χ0) is 13.9. The number of rotatable bonds is 5. The monoisotopic (exact) mass is 278 g/mol. The van der Waals surface area contributed by atoms with Crippen LogP contribution in [0.1, 0.15) is 12.8 Å². The number of carbonyl (C=O) groups is 1. The molecule has 1 heterocycles. The molecule has 1 amide bonds. The van der Waals surface area contributed by atoms with Crippen molar-refractivity contribution in [2.45, 2.75) is 22.6 Å². The second-order valence-electron chi connectivity index (χ2n) is 4.26. The first-order valence-electron chi connectivity index (χ1n) is 5.79. The normalized spacial score (nSPS) is 21.7. The van der Waals surface area contributed by atoms with Gasteiger partial charge in [0.25, 0.3) is 0 Å². The van der Waals surface area contributed by atoms with Crippen LogP contribution in [-0.2, 0) is 14.6 Å². The van der Waals surface area contributed by atoms with Crippen molar-refractivity contribution in [3.63, 3.8) is 0 Å². The van der Waals surface area contributed by atoms with Crippen molar-refractivity contribution in [1.29, 1.82) is 0 Å². The highest BCUT2D eigenvalue weighted by molar-refractivity contribution is 7.93. The molecule has 0 saturated heterocycles. The van der Waals surface area contributed by atoms with E-state index >= 15 is 0 Å². The van der Waals surface area contributed by atoms with Crippen LogP contribution in [0.2, 0.25) is 0 Å². The zero-order valence-electron chi connectivity index (χ0n) is 10.2. The molecule has 0 saturated carbocycles. The van der Waals surface area contributed by atoms with E-state index in [2.05, 4.69) is 4.99 Å². The number of allylic oxidation sites excluding steroid dienone is 1. The van der Waals surface area contributed by atoms with Gasteiger partial charge in [0.05, 0.1) is 4.90 Å². The predicted molar refractivity (Wildman–Crippen MR) is 72.4 cm³/mol. The lowest BCUT2D eigenvalue weighted by Gasteiger charge is -2.23. The van der Waals surface area contributed by atoms with E-state index in [1.807, 2.05) is 0 Å². The van der Waals surface area contributed by atoms with Crippen molar-refractivity contribution in [3.05, 3.63) is 42.5 Å². The van der Waals surface area contributed by atoms with Gasteiger partial charge in [-0.15, -0.1) is 0 Å². The predicted octanol–water partition coefficient (Wildman–Crippen LogP) is 1.06. The lowest BCUT2D eigenvalue weighted by molar-refractivity contribution is -0.118. The highest BCUT2D eigenvalue weighted by Gasteiger charge is 2.43. The fourth-order valence-electron chi connectivity index (χ4n) is 1.95. The van der Waals surface area contributed by atoms with E-state index in [9.17, 15) is 13.2 Å². The van der Waals surface area contributed by atoms with Crippen LogP contribution in [0.3, 0.4) is 0 Å². The van der Waals surface area contributed by atoms with Crippen molar-refractivity contribution in [3.8, 4) is 0 Å². The van der Waals surface area contributed by atoms with Crippen LogP contribution in [0, 0.1) is 0 Å². The molecule has 1 aliphatic heterocycles. The Balaban J connectivity index is 2.43. The number of nitrogens with two attached hydrogens (primary N) is 1. The molecule has 1 aromatic rings. The van der Waals surface area contributed by atoms with Gasteiger partial charge in [0.2, 0.25) is 15.7 Å². The van der Waals surface area contributed by atoms with Gasteiger partial charge in [0.1, 0.15) is 0 Å². The lowest BCUT2D eigenvalue weighted by Crippen LogP contribution is -2.34. The van der Waals surface area contributed by atoms with Crippen molar-refractivity contribution >= 4 is 22.0 Å². The van der Waals surface area contributed by atoms with Gasteiger partial charge in [0, 0.05) is 12.6 Å². The molecule has 19 heavy (non-hydrogen) atoms. The van der Waals surface area contributed by atoms with Gasteiger partial charge in [-0.2, -0.15) is 0 Å². The third-order valence-electron chi connectivity index (χ3n) is 2.98. The first kappa shape index (κ1) is 13.5. The standard InChI is InChI=1S/C13H14N2O3S/c14-12(16)7-9-13(8-4-10-15-13)19(17,18)11-5-2-1-3-6-11/h1-6,8,10H,7,9H2,(H2,14,16). The average Bonchev–Trinajstić information content (AvgIpc) is 2.88. The summed E-state index contributed by atoms with van der Waals surface area (Å²) in [6, 6.07) is 8.07. The summed E-state index contributed by atoms with van der Waals surface area (Å²) in [6.07, 6.45) is 4.52. The summed E-state index contributed by atoms with van der Waals surface area (Å²) in [5.41, 5.74) is 5.10. The SMILES string of the molecule is NC(=O)CCC1(S(=O)(=O)c2ccccc2)C=CC=N1. The average molecular weight is 278 g/mol. The largest absolute Gasteiger partial charge is 0.370 e. The number of primary amides is 1. The third-order valence-corrected chi connectivity index (χ3v) is 5.25. The molecule has 1 aliphatic rings. The van der Waals surface area contributed by atoms with Crippen LogP contribution in [0.15, 0.2) is 52.4 Å². The van der Waals surface area contributed by atoms with E-state index < -0.39 is 20.6 Å². The molecule has 100 valence electrons. The van der Waals surface area contributed by atoms with E-state index in [4.69, 9.17) is 5.73 Å². The molecule has 1 unspecified atom stereocenters. The van der Waals surface area contributed by atoms with Crippen molar-refractivity contribution in [2.24, 2.45) is 10.7 Å². The van der Waals surface area contributed by atoms with Gasteiger partial charge in [-0.1, -0.05) is 18.2 Å². The molecule has 6 heteroatoms. The summed E-state index contributed by atoms with van der Waals surface area (Å²) in [5, 5.41) is 0. The Morgan fingerprint density at radius 2 is 1.95 bits per heavy atom. The smallest absolute Gasteiger partial charge is 0.217 e. The number of hydrogen-bond acceptors (Lipinski definition) is 4. The molecule has 0 aliphatic carbocycles. The minimum atomic E-state index is -3.69. The maximum atomic E-state index is 12.7. The van der Waals surface area contributed by atoms with E-state index in [0.29, 0.717) is 0 Å². The minimum absolute atomic E-state index is 0.0340. The maximum Gasteiger partial charge on any atom is 0.217 e. The number of sulfone groups is 1. The Morgan fingerprint density at radius 1 is 1.26 bits per heavy atom. The maximum absolute atomic E-state index is 12.7. The van der Waals surface area contributed by atoms with Gasteiger partial charge in [-0.3, -0.25) is 9.79 Å². The van der Waals surface area contributed by atoms with Crippen molar-refractivity contribution in [2.75, 3.05) is 0 Å². The summed E-state index contributed by atoms with van der Waals surface area (Å²) in [4.78, 5) is 13.7. The van der Waals surface area contributed by atoms with E-state index in [0.717, 1.165) is 0 Å². The number of benzene rings is 1. The summed E-state index contributed by atoms with van der Waals surface area (Å²) in [7, 11) is -3.69. The second kappa shape index (κ2) is 4.97. The molecule has 1 atom stereocenters. The van der Waals surface area contributed by atoms with Gasteiger partial charge in [0.15, 0.2) is 4.87 Å². The van der Waals surface area contributed by atoms with Crippen molar-refractivity contribution in [1.82, 2.24) is 0 Å². The van der Waals surface area contributed by atoms with Crippen LogP contribution in [0.25, 0.3) is 0 Å². The molecule has 2 rings (SSSR count). The van der Waals surface area contributed by atoms with E-state index in [1.165, 1.54) is 24.4 Å². The molecule has 1 aromatic carbocycles. The number of aliphatic imine (C=N–C) groups is 1. The molecular weight excluding hydrogens is 264 g/mol. The van der Waals surface area contributed by atoms with Crippen molar-refractivity contribution < 1.29 is 13.2 Å². The van der Waals surface area contributed by atoms with E-state index in [-0.39, 0.29) is 17.7 Å². The first-order chi connectivity index (χ1) is 8.98. The molecule has 5 nitrogen and oxygen atoms in total. The number of nitrogens with zero attached hydrogens (tertiary/aromatic N) is 1. The fourth-order valence-corrected chi connectivity index (χ4v) is 3.70. The molecule has 2 N–H and O–H groups in total. The third kappa shape index (κ3) is 2.44. The highest BCUT2D eigenvalue weighted by Crippen LogP contribution is 2.34. The summed E-state index contributed by atoms with van der Waals surface area (Å²) in [6.45, 7) is 0. The Morgan fingerprint density at radius 3 is 2.47 bits per heavy atom. The fraction of sp³-hybridized carbons (Fsp3) is 0.231. The number of carbonyl (C=O) groups excluding carboxylic acids is 1. The van der Waals surface area contributed by atoms with Gasteiger partial charge < -0.3 is 5.73 Å². The quantitative estimate of drug-likeness (QED) is 0.873. The second-order valence-corrected chi connectivity index (χ2v) is 6.45. The topological polar surface area (TPSA) is 89.6 Å². The Kier molecular flexibility index (Phi) is 3.53. The van der Waals surface area contributed by atoms with Crippen LogP contribution in [-0.4, -0.2) is 25.4 Å². The van der Waals surface area contributed by atoms with Gasteiger partial charge in [-0.25, -0.2) is 8.42 Å². The summed E-state index contributed by atoms with van der Waals surface area (Å²) in [5.74, 6) is -0.543. The first-order valence-corrected chi connectivity index (χ1v) is 7.27. The highest BCUT2D eigenvalue weighted by atomic mass is 32.2. The summed E-state index contributed by atoms with van der Waals surface area (Å²) >= 11 is 0. The lowest BCUT2D eigenvalue weighted by atomic mass is 10.1. The molecular formula is C13H14N2O3S. The summed E-state index contributed by atoms with van der Waals surface area (Å²) < 4.78 is 25.3. The van der Waals surface area contributed by atoms with Gasteiger partial charge in [-0.05, 0) is 30.7 Å². The molecule has 0 radical (unpaired) electrons. The molecule has 0 fully saturated rings. The molecule has 0 aromatic heterocycles. The Hall–Kier alpha value is -1.95. The van der Waals surface area contributed by atoms with Crippen LogP contribution in [0.5, 0.6) is 0 Å². The number of hydrogen-bond donors (Lipinski definition) is 1. The van der Waals surface area contributed by atoms with Crippen LogP contribution in [0.4, 0.5) is 0 Å². The van der Waals surface area contributed by atoms with Gasteiger partial charge >= 0.3 is 0 Å². The van der Waals surface area contributed by atoms with E-state index in [1.54, 1.807) is 24.3 Å². The number of amides is 1. The minimum Gasteiger partial charge on any atom is -0.370 e. The van der Waals surface area contributed by atoms with Crippen LogP contribution >= 0.6 is 0 Å². The Bertz CT molecular complexity index is 621. The molecule has 0 spiro atoms.